The molecule has 1 heterocycles. The predicted octanol–water partition coefficient (Wildman–Crippen LogP) is 5.11. The first-order valence-electron chi connectivity index (χ1n) is 6.80. The Hall–Kier alpha value is -1.82. The molecule has 1 aliphatic heterocycles. The third-order valence-electron chi connectivity index (χ3n) is 3.29. The predicted molar refractivity (Wildman–Crippen MR) is 97.8 cm³/mol. The van der Waals surface area contributed by atoms with Gasteiger partial charge in [0.1, 0.15) is 5.75 Å². The summed E-state index contributed by atoms with van der Waals surface area (Å²) >= 11 is 15.5. The zero-order valence-electron chi connectivity index (χ0n) is 12.3. The van der Waals surface area contributed by atoms with Gasteiger partial charge >= 0.3 is 5.97 Å². The van der Waals surface area contributed by atoms with Crippen molar-refractivity contribution in [2.24, 2.45) is 4.99 Å². The third kappa shape index (κ3) is 3.34. The molecule has 0 aromatic heterocycles. The molecule has 0 aliphatic carbocycles. The lowest BCUT2D eigenvalue weighted by molar-refractivity contribution is -0.129. The molecule has 2 aromatic rings. The number of halogens is 3. The van der Waals surface area contributed by atoms with Crippen LogP contribution < -0.4 is 4.74 Å². The number of nitrogens with zero attached hydrogens (tertiary/aromatic N) is 1. The molecule has 0 saturated heterocycles. The van der Waals surface area contributed by atoms with Gasteiger partial charge in [-0.25, -0.2) is 9.79 Å². The molecule has 0 unspecified atom stereocenters. The van der Waals surface area contributed by atoms with E-state index in [4.69, 9.17) is 32.7 Å². The lowest BCUT2D eigenvalue weighted by Crippen LogP contribution is -2.05. The number of hydrogen-bond donors (Lipinski definition) is 0. The molecule has 2 aromatic carbocycles. The molecule has 4 nitrogen and oxygen atoms in total. The van der Waals surface area contributed by atoms with E-state index < -0.39 is 5.97 Å². The number of ether oxygens (including phenoxy) is 2. The van der Waals surface area contributed by atoms with Gasteiger partial charge in [0.05, 0.1) is 21.6 Å². The normalized spacial score (nSPS) is 15.4. The highest BCUT2D eigenvalue weighted by molar-refractivity contribution is 9.10. The topological polar surface area (TPSA) is 47.9 Å². The van der Waals surface area contributed by atoms with Gasteiger partial charge in [-0.2, -0.15) is 0 Å². The van der Waals surface area contributed by atoms with E-state index in [0.717, 1.165) is 4.47 Å². The molecule has 0 bridgehead atoms. The molecule has 0 fully saturated rings. The van der Waals surface area contributed by atoms with Gasteiger partial charge in [-0.05, 0) is 51.8 Å². The summed E-state index contributed by atoms with van der Waals surface area (Å²) in [5.41, 5.74) is 1.40. The number of cyclic esters (lactones) is 1. The van der Waals surface area contributed by atoms with Crippen molar-refractivity contribution in [3.05, 3.63) is 67.7 Å². The van der Waals surface area contributed by atoms with Crippen molar-refractivity contribution in [2.45, 2.75) is 0 Å². The molecule has 0 amide bonds. The van der Waals surface area contributed by atoms with Crippen molar-refractivity contribution < 1.29 is 14.3 Å². The Bertz CT molecular complexity index is 893. The number of rotatable bonds is 3. The van der Waals surface area contributed by atoms with E-state index in [1.54, 1.807) is 49.6 Å². The first-order chi connectivity index (χ1) is 11.5. The van der Waals surface area contributed by atoms with Gasteiger partial charge in [0.25, 0.3) is 0 Å². The van der Waals surface area contributed by atoms with Gasteiger partial charge in [0.2, 0.25) is 5.90 Å². The summed E-state index contributed by atoms with van der Waals surface area (Å²) in [7, 11) is 1.57. The largest absolute Gasteiger partial charge is 0.496 e. The van der Waals surface area contributed by atoms with Crippen LogP contribution in [-0.4, -0.2) is 19.0 Å². The summed E-state index contributed by atoms with van der Waals surface area (Å²) in [4.78, 5) is 16.3. The van der Waals surface area contributed by atoms with Crippen molar-refractivity contribution in [2.75, 3.05) is 7.11 Å². The van der Waals surface area contributed by atoms with E-state index in [2.05, 4.69) is 20.9 Å². The van der Waals surface area contributed by atoms with Crippen molar-refractivity contribution in [1.82, 2.24) is 0 Å². The minimum absolute atomic E-state index is 0.154. The van der Waals surface area contributed by atoms with Crippen LogP contribution in [0.15, 0.2) is 51.6 Å². The Morgan fingerprint density at radius 1 is 1.25 bits per heavy atom. The third-order valence-corrected chi connectivity index (χ3v) is 4.75. The Morgan fingerprint density at radius 3 is 2.75 bits per heavy atom. The van der Waals surface area contributed by atoms with Crippen LogP contribution in [0.1, 0.15) is 11.1 Å². The fraction of sp³-hybridized carbons (Fsp3) is 0.0588. The van der Waals surface area contributed by atoms with E-state index >= 15 is 0 Å². The quantitative estimate of drug-likeness (QED) is 0.506. The molecule has 122 valence electrons. The zero-order valence-corrected chi connectivity index (χ0v) is 15.4. The number of esters is 1. The highest BCUT2D eigenvalue weighted by atomic mass is 79.9. The lowest BCUT2D eigenvalue weighted by Gasteiger charge is -2.05. The molecular formula is C17H10BrCl2NO3. The summed E-state index contributed by atoms with van der Waals surface area (Å²) in [6, 6.07) is 10.4. The zero-order chi connectivity index (χ0) is 17.3. The van der Waals surface area contributed by atoms with Gasteiger partial charge in [0, 0.05) is 5.56 Å². The monoisotopic (exact) mass is 425 g/mol. The molecule has 24 heavy (non-hydrogen) atoms. The highest BCUT2D eigenvalue weighted by Crippen LogP contribution is 2.30. The fourth-order valence-electron chi connectivity index (χ4n) is 2.11. The standard InChI is InChI=1S/C17H10BrCl2NO3/c1-23-14-6-5-10(7-11(14)18)16-21-13(17(22)24-16)8-9-3-2-4-12(19)15(9)20/h2-8H,1H3. The van der Waals surface area contributed by atoms with Crippen LogP contribution in [0.4, 0.5) is 0 Å². The summed E-state index contributed by atoms with van der Waals surface area (Å²) < 4.78 is 11.1. The first-order valence-corrected chi connectivity index (χ1v) is 8.35. The Labute approximate surface area is 156 Å². The second-order valence-electron chi connectivity index (χ2n) is 4.83. The van der Waals surface area contributed by atoms with Crippen LogP contribution in [0.25, 0.3) is 6.08 Å². The van der Waals surface area contributed by atoms with Crippen molar-refractivity contribution in [3.8, 4) is 5.75 Å². The molecule has 0 atom stereocenters. The van der Waals surface area contributed by atoms with Gasteiger partial charge in [-0.3, -0.25) is 0 Å². The van der Waals surface area contributed by atoms with Crippen LogP contribution in [0.2, 0.25) is 10.0 Å². The Balaban J connectivity index is 1.97. The van der Waals surface area contributed by atoms with E-state index in [0.29, 0.717) is 26.9 Å². The first kappa shape index (κ1) is 17.0. The molecule has 7 heteroatoms. The van der Waals surface area contributed by atoms with Crippen molar-refractivity contribution in [1.29, 1.82) is 0 Å². The summed E-state index contributed by atoms with van der Waals surface area (Å²) in [6.45, 7) is 0. The molecule has 3 rings (SSSR count). The molecule has 0 radical (unpaired) electrons. The smallest absolute Gasteiger partial charge is 0.363 e. The second-order valence-corrected chi connectivity index (χ2v) is 6.47. The average molecular weight is 427 g/mol. The lowest BCUT2D eigenvalue weighted by atomic mass is 10.2. The van der Waals surface area contributed by atoms with Gasteiger partial charge < -0.3 is 9.47 Å². The van der Waals surface area contributed by atoms with E-state index in [1.165, 1.54) is 0 Å². The molecular weight excluding hydrogens is 417 g/mol. The Morgan fingerprint density at radius 2 is 2.04 bits per heavy atom. The van der Waals surface area contributed by atoms with E-state index in [-0.39, 0.29) is 11.6 Å². The number of carbonyl (C=O) groups excluding carboxylic acids is 1. The Kier molecular flexibility index (Phi) is 4.94. The molecule has 1 aliphatic rings. The van der Waals surface area contributed by atoms with Crippen LogP contribution in [-0.2, 0) is 9.53 Å². The van der Waals surface area contributed by atoms with Crippen LogP contribution >= 0.6 is 39.1 Å². The van der Waals surface area contributed by atoms with E-state index in [1.807, 2.05) is 0 Å². The number of methoxy groups -OCH3 is 1. The number of hydrogen-bond acceptors (Lipinski definition) is 4. The highest BCUT2D eigenvalue weighted by Gasteiger charge is 2.25. The van der Waals surface area contributed by atoms with Gasteiger partial charge in [-0.15, -0.1) is 0 Å². The van der Waals surface area contributed by atoms with Crippen molar-refractivity contribution in [3.63, 3.8) is 0 Å². The van der Waals surface area contributed by atoms with Gasteiger partial charge in [0.15, 0.2) is 5.70 Å². The van der Waals surface area contributed by atoms with Crippen LogP contribution in [0.3, 0.4) is 0 Å². The van der Waals surface area contributed by atoms with Crippen molar-refractivity contribution >= 4 is 57.1 Å². The van der Waals surface area contributed by atoms with E-state index in [9.17, 15) is 4.79 Å². The number of benzene rings is 2. The SMILES string of the molecule is COc1ccc(C2=NC(=Cc3cccc(Cl)c3Cl)C(=O)O2)cc1Br. The van der Waals surface area contributed by atoms with Crippen LogP contribution in [0.5, 0.6) is 5.75 Å². The minimum atomic E-state index is -0.548. The maximum atomic E-state index is 12.0. The minimum Gasteiger partial charge on any atom is -0.496 e. The summed E-state index contributed by atoms with van der Waals surface area (Å²) in [5, 5.41) is 0.760. The fourth-order valence-corrected chi connectivity index (χ4v) is 3.01. The maximum Gasteiger partial charge on any atom is 0.363 e. The second kappa shape index (κ2) is 6.97. The van der Waals surface area contributed by atoms with Gasteiger partial charge in [-0.1, -0.05) is 35.3 Å². The number of carbonyl (C=O) groups is 1. The molecule has 0 saturated carbocycles. The summed E-state index contributed by atoms with van der Waals surface area (Å²) in [5.74, 6) is 0.339. The maximum absolute atomic E-state index is 12.0. The van der Waals surface area contributed by atoms with Crippen LogP contribution in [0, 0.1) is 0 Å². The number of aliphatic imine (C=N–C) groups is 1. The molecule has 0 N–H and O–H groups in total. The average Bonchev–Trinajstić information content (AvgIpc) is 2.92. The molecule has 0 spiro atoms. The summed E-state index contributed by atoms with van der Waals surface area (Å²) in [6.07, 6.45) is 1.54.